The number of hydrogen-bond donors (Lipinski definition) is 1. The molecule has 0 bridgehead atoms. The second kappa shape index (κ2) is 13.1. The monoisotopic (exact) mass is 481 g/mol. The molecule has 1 unspecified atom stereocenters. The number of methoxy groups -OCH3 is 1. The molecule has 2 aromatic rings. The van der Waals surface area contributed by atoms with Crippen LogP contribution < -0.4 is 10.1 Å². The van der Waals surface area contributed by atoms with Crippen LogP contribution in [0.25, 0.3) is 0 Å². The molecule has 2 aromatic carbocycles. The molecule has 1 aliphatic rings. The summed E-state index contributed by atoms with van der Waals surface area (Å²) in [4.78, 5) is 17.3. The van der Waals surface area contributed by atoms with E-state index < -0.39 is 6.10 Å². The van der Waals surface area contributed by atoms with Gasteiger partial charge in [0.05, 0.1) is 6.61 Å². The third kappa shape index (κ3) is 7.29. The average molecular weight is 482 g/mol. The molecular formula is C29H43N3O3. The SMILES string of the molecule is CO[C@@H](C(=O)NCC1CN(C(C)c2ccc(OCCCCN(C)C)c(C)c2C)C1)c1ccccc1. The Hall–Kier alpha value is -2.41. The molecule has 3 rings (SSSR count). The molecule has 35 heavy (non-hydrogen) atoms. The maximum Gasteiger partial charge on any atom is 0.253 e. The van der Waals surface area contributed by atoms with Gasteiger partial charge in [-0.1, -0.05) is 36.4 Å². The quantitative estimate of drug-likeness (QED) is 0.426. The lowest BCUT2D eigenvalue weighted by atomic mass is 9.91. The van der Waals surface area contributed by atoms with Crippen LogP contribution in [0.1, 0.15) is 54.2 Å². The highest BCUT2D eigenvalue weighted by atomic mass is 16.5. The number of rotatable bonds is 13. The second-order valence-electron chi connectivity index (χ2n) is 10.0. The normalized spacial score (nSPS) is 16.1. The standard InChI is InChI=1S/C29H43N3O3/c1-21-22(2)27(35-17-11-10-16-31(4)5)15-14-26(21)23(3)32-19-24(20-32)18-30-29(33)28(34-6)25-12-8-7-9-13-25/h7-9,12-15,23-24,28H,10-11,16-20H2,1-6H3,(H,30,33)/t23?,28-/m1/s1. The molecule has 0 spiro atoms. The molecule has 6 nitrogen and oxygen atoms in total. The fraction of sp³-hybridized carbons (Fsp3) is 0.552. The highest BCUT2D eigenvalue weighted by Crippen LogP contribution is 2.34. The third-order valence-electron chi connectivity index (χ3n) is 7.16. The van der Waals surface area contributed by atoms with Crippen LogP contribution in [0, 0.1) is 19.8 Å². The Labute approximate surface area is 211 Å². The van der Waals surface area contributed by atoms with Gasteiger partial charge in [-0.15, -0.1) is 0 Å². The molecule has 0 radical (unpaired) electrons. The fourth-order valence-corrected chi connectivity index (χ4v) is 4.75. The van der Waals surface area contributed by atoms with Crippen molar-refractivity contribution in [3.05, 3.63) is 64.7 Å². The summed E-state index contributed by atoms with van der Waals surface area (Å²) in [5.74, 6) is 1.38. The van der Waals surface area contributed by atoms with Gasteiger partial charge in [0.1, 0.15) is 5.75 Å². The van der Waals surface area contributed by atoms with Gasteiger partial charge in [-0.2, -0.15) is 0 Å². The number of carbonyl (C=O) groups excluding carboxylic acids is 1. The smallest absolute Gasteiger partial charge is 0.253 e. The Morgan fingerprint density at radius 2 is 1.80 bits per heavy atom. The predicted molar refractivity (Wildman–Crippen MR) is 142 cm³/mol. The van der Waals surface area contributed by atoms with Crippen molar-refractivity contribution in [2.24, 2.45) is 5.92 Å². The van der Waals surface area contributed by atoms with E-state index in [1.807, 2.05) is 30.3 Å². The molecule has 0 aromatic heterocycles. The van der Waals surface area contributed by atoms with Crippen molar-refractivity contribution >= 4 is 5.91 Å². The number of hydrogen-bond acceptors (Lipinski definition) is 5. The highest BCUT2D eigenvalue weighted by molar-refractivity contribution is 5.82. The van der Waals surface area contributed by atoms with Gasteiger partial charge in [0, 0.05) is 38.7 Å². The van der Waals surface area contributed by atoms with Gasteiger partial charge in [-0.3, -0.25) is 9.69 Å². The van der Waals surface area contributed by atoms with E-state index in [2.05, 4.69) is 62.1 Å². The minimum atomic E-state index is -0.564. The van der Waals surface area contributed by atoms with Gasteiger partial charge in [0.15, 0.2) is 6.10 Å². The van der Waals surface area contributed by atoms with Crippen LogP contribution in [0.15, 0.2) is 42.5 Å². The van der Waals surface area contributed by atoms with Crippen LogP contribution in [-0.2, 0) is 9.53 Å². The summed E-state index contributed by atoms with van der Waals surface area (Å²) in [5, 5.41) is 3.09. The molecule has 1 N–H and O–H groups in total. The molecule has 1 saturated heterocycles. The number of benzene rings is 2. The van der Waals surface area contributed by atoms with Crippen molar-refractivity contribution in [2.75, 3.05) is 54.0 Å². The lowest BCUT2D eigenvalue weighted by molar-refractivity contribution is -0.132. The van der Waals surface area contributed by atoms with E-state index in [9.17, 15) is 4.79 Å². The zero-order chi connectivity index (χ0) is 25.4. The number of nitrogens with zero attached hydrogens (tertiary/aromatic N) is 2. The number of likely N-dealkylation sites (tertiary alicyclic amines) is 1. The van der Waals surface area contributed by atoms with E-state index in [0.717, 1.165) is 50.4 Å². The maximum atomic E-state index is 12.6. The first kappa shape index (κ1) is 27.2. The Morgan fingerprint density at radius 1 is 1.09 bits per heavy atom. The molecule has 6 heteroatoms. The zero-order valence-electron chi connectivity index (χ0n) is 22.3. The molecule has 2 atom stereocenters. The molecular weight excluding hydrogens is 438 g/mol. The first-order chi connectivity index (χ1) is 16.8. The highest BCUT2D eigenvalue weighted by Gasteiger charge is 2.32. The number of carbonyl (C=O) groups is 1. The zero-order valence-corrected chi connectivity index (χ0v) is 22.3. The van der Waals surface area contributed by atoms with Crippen LogP contribution in [0.3, 0.4) is 0 Å². The van der Waals surface area contributed by atoms with Crippen LogP contribution in [0.4, 0.5) is 0 Å². The van der Waals surface area contributed by atoms with E-state index in [0.29, 0.717) is 18.5 Å². The van der Waals surface area contributed by atoms with Crippen molar-refractivity contribution in [1.29, 1.82) is 0 Å². The number of amides is 1. The fourth-order valence-electron chi connectivity index (χ4n) is 4.75. The number of nitrogens with one attached hydrogen (secondary N) is 1. The van der Waals surface area contributed by atoms with Crippen LogP contribution in [-0.4, -0.2) is 69.7 Å². The Balaban J connectivity index is 1.46. The van der Waals surface area contributed by atoms with Crippen LogP contribution in [0.2, 0.25) is 0 Å². The van der Waals surface area contributed by atoms with E-state index in [1.165, 1.54) is 16.7 Å². The average Bonchev–Trinajstić information content (AvgIpc) is 2.81. The summed E-state index contributed by atoms with van der Waals surface area (Å²) < 4.78 is 11.5. The predicted octanol–water partition coefficient (Wildman–Crippen LogP) is 4.52. The topological polar surface area (TPSA) is 54.0 Å². The molecule has 1 aliphatic heterocycles. The Bertz CT molecular complexity index is 942. The van der Waals surface area contributed by atoms with E-state index in [1.54, 1.807) is 7.11 Å². The van der Waals surface area contributed by atoms with E-state index in [4.69, 9.17) is 9.47 Å². The van der Waals surface area contributed by atoms with Gasteiger partial charge in [-0.05, 0) is 82.6 Å². The van der Waals surface area contributed by atoms with Gasteiger partial charge in [-0.25, -0.2) is 0 Å². The number of ether oxygens (including phenoxy) is 2. The van der Waals surface area contributed by atoms with Crippen molar-refractivity contribution in [3.8, 4) is 5.75 Å². The minimum absolute atomic E-state index is 0.0750. The molecule has 1 heterocycles. The molecule has 0 aliphatic carbocycles. The van der Waals surface area contributed by atoms with Gasteiger partial charge in [0.25, 0.3) is 5.91 Å². The van der Waals surface area contributed by atoms with Crippen LogP contribution in [0.5, 0.6) is 5.75 Å². The summed E-state index contributed by atoms with van der Waals surface area (Å²) in [6, 6.07) is 14.3. The largest absolute Gasteiger partial charge is 0.493 e. The third-order valence-corrected chi connectivity index (χ3v) is 7.16. The summed E-state index contributed by atoms with van der Waals surface area (Å²) in [6.45, 7) is 11.1. The van der Waals surface area contributed by atoms with Gasteiger partial charge in [0.2, 0.25) is 0 Å². The molecule has 192 valence electrons. The van der Waals surface area contributed by atoms with Gasteiger partial charge < -0.3 is 19.7 Å². The van der Waals surface area contributed by atoms with Crippen molar-refractivity contribution < 1.29 is 14.3 Å². The minimum Gasteiger partial charge on any atom is -0.493 e. The lowest BCUT2D eigenvalue weighted by Crippen LogP contribution is -2.52. The van der Waals surface area contributed by atoms with Crippen molar-refractivity contribution in [2.45, 2.75) is 45.8 Å². The van der Waals surface area contributed by atoms with Crippen molar-refractivity contribution in [1.82, 2.24) is 15.1 Å². The maximum absolute atomic E-state index is 12.6. The second-order valence-corrected chi connectivity index (χ2v) is 10.0. The van der Waals surface area contributed by atoms with Gasteiger partial charge >= 0.3 is 0 Å². The molecule has 1 fully saturated rings. The summed E-state index contributed by atoms with van der Waals surface area (Å²) in [7, 11) is 5.79. The number of unbranched alkanes of at least 4 members (excludes halogenated alkanes) is 1. The summed E-state index contributed by atoms with van der Waals surface area (Å²) in [6.07, 6.45) is 1.65. The molecule has 1 amide bonds. The summed E-state index contributed by atoms with van der Waals surface area (Å²) >= 11 is 0. The van der Waals surface area contributed by atoms with E-state index in [-0.39, 0.29) is 5.91 Å². The van der Waals surface area contributed by atoms with E-state index >= 15 is 0 Å². The molecule has 0 saturated carbocycles. The first-order valence-electron chi connectivity index (χ1n) is 12.8. The summed E-state index contributed by atoms with van der Waals surface area (Å²) in [5.41, 5.74) is 4.78. The Kier molecular flexibility index (Phi) is 10.1. The lowest BCUT2D eigenvalue weighted by Gasteiger charge is -2.44. The van der Waals surface area contributed by atoms with Crippen molar-refractivity contribution in [3.63, 3.8) is 0 Å². The van der Waals surface area contributed by atoms with Crippen LogP contribution >= 0.6 is 0 Å². The first-order valence-corrected chi connectivity index (χ1v) is 12.8. The Morgan fingerprint density at radius 3 is 2.46 bits per heavy atom.